The Hall–Kier alpha value is -1.33. The van der Waals surface area contributed by atoms with E-state index in [1.54, 1.807) is 13.2 Å². The van der Waals surface area contributed by atoms with Gasteiger partial charge in [0.1, 0.15) is 5.75 Å². The van der Waals surface area contributed by atoms with Gasteiger partial charge in [-0.3, -0.25) is 0 Å². The molecule has 2 aromatic rings. The van der Waals surface area contributed by atoms with Crippen molar-refractivity contribution in [2.45, 2.75) is 13.1 Å². The maximum Gasteiger partial charge on any atom is 0.231 e. The second-order valence-corrected chi connectivity index (χ2v) is 5.71. The zero-order valence-corrected chi connectivity index (χ0v) is 14.7. The highest BCUT2D eigenvalue weighted by atomic mass is 35.5. The molecule has 0 aliphatic carbocycles. The van der Waals surface area contributed by atoms with Crippen LogP contribution in [-0.4, -0.2) is 13.9 Å². The summed E-state index contributed by atoms with van der Waals surface area (Å²) < 4.78 is 16.0. The number of halogens is 3. The average Bonchev–Trinajstić information content (AvgIpc) is 2.94. The van der Waals surface area contributed by atoms with Gasteiger partial charge < -0.3 is 19.5 Å². The summed E-state index contributed by atoms with van der Waals surface area (Å²) >= 11 is 12.2. The number of methoxy groups -OCH3 is 1. The highest BCUT2D eigenvalue weighted by molar-refractivity contribution is 6.35. The lowest BCUT2D eigenvalue weighted by molar-refractivity contribution is 0.174. The Balaban J connectivity index is 0.00000192. The first-order chi connectivity index (χ1) is 10.7. The molecule has 3 rings (SSSR count). The molecular formula is C16H16Cl3NO3. The highest BCUT2D eigenvalue weighted by Crippen LogP contribution is 2.33. The molecule has 1 heterocycles. The normalized spacial score (nSPS) is 12.0. The number of nitrogens with one attached hydrogen (secondary N) is 1. The molecule has 0 saturated heterocycles. The van der Waals surface area contributed by atoms with Crippen molar-refractivity contribution in [3.8, 4) is 17.2 Å². The van der Waals surface area contributed by atoms with Gasteiger partial charge in [0.05, 0.1) is 12.1 Å². The number of benzene rings is 2. The predicted octanol–water partition coefficient (Wildman–Crippen LogP) is 4.44. The summed E-state index contributed by atoms with van der Waals surface area (Å²) in [6.45, 7) is 1.56. The van der Waals surface area contributed by atoms with Gasteiger partial charge in [-0.2, -0.15) is 0 Å². The Kier molecular flexibility index (Phi) is 6.25. The molecule has 7 heteroatoms. The molecule has 23 heavy (non-hydrogen) atoms. The van der Waals surface area contributed by atoms with E-state index in [2.05, 4.69) is 5.32 Å². The Labute approximate surface area is 151 Å². The summed E-state index contributed by atoms with van der Waals surface area (Å²) in [6, 6.07) is 9.40. The molecule has 1 aliphatic rings. The van der Waals surface area contributed by atoms with Crippen LogP contribution in [0.5, 0.6) is 17.2 Å². The van der Waals surface area contributed by atoms with Gasteiger partial charge in [0, 0.05) is 23.7 Å². The van der Waals surface area contributed by atoms with Gasteiger partial charge in [-0.15, -0.1) is 12.4 Å². The SMILES string of the molecule is COc1c(Cl)cc(Cl)cc1CNCc1ccc2c(c1)OCO2.Cl. The minimum atomic E-state index is 0. The van der Waals surface area contributed by atoms with Crippen molar-refractivity contribution >= 4 is 35.6 Å². The largest absolute Gasteiger partial charge is 0.495 e. The molecule has 2 aromatic carbocycles. The average molecular weight is 377 g/mol. The van der Waals surface area contributed by atoms with E-state index < -0.39 is 0 Å². The third-order valence-electron chi connectivity index (χ3n) is 3.37. The fourth-order valence-corrected chi connectivity index (χ4v) is 2.98. The van der Waals surface area contributed by atoms with E-state index in [0.717, 1.165) is 22.6 Å². The van der Waals surface area contributed by atoms with Crippen LogP contribution in [0.3, 0.4) is 0 Å². The van der Waals surface area contributed by atoms with Crippen LogP contribution in [0.1, 0.15) is 11.1 Å². The van der Waals surface area contributed by atoms with Gasteiger partial charge in [-0.1, -0.05) is 29.3 Å². The smallest absolute Gasteiger partial charge is 0.231 e. The van der Waals surface area contributed by atoms with Crippen molar-refractivity contribution in [2.24, 2.45) is 0 Å². The second kappa shape index (κ2) is 7.97. The van der Waals surface area contributed by atoms with E-state index in [-0.39, 0.29) is 19.2 Å². The molecule has 0 bridgehead atoms. The van der Waals surface area contributed by atoms with E-state index >= 15 is 0 Å². The molecule has 0 spiro atoms. The van der Waals surface area contributed by atoms with Crippen molar-refractivity contribution in [3.63, 3.8) is 0 Å². The van der Waals surface area contributed by atoms with Gasteiger partial charge in [0.2, 0.25) is 6.79 Å². The molecule has 0 unspecified atom stereocenters. The van der Waals surface area contributed by atoms with Gasteiger partial charge in [0.15, 0.2) is 11.5 Å². The second-order valence-electron chi connectivity index (χ2n) is 4.87. The van der Waals surface area contributed by atoms with Crippen LogP contribution in [0.2, 0.25) is 10.0 Å². The lowest BCUT2D eigenvalue weighted by Gasteiger charge is -2.12. The zero-order valence-electron chi connectivity index (χ0n) is 12.4. The summed E-state index contributed by atoms with van der Waals surface area (Å²) in [5, 5.41) is 4.44. The molecule has 0 atom stereocenters. The van der Waals surface area contributed by atoms with Crippen molar-refractivity contribution in [2.75, 3.05) is 13.9 Å². The highest BCUT2D eigenvalue weighted by Gasteiger charge is 2.13. The number of ether oxygens (including phenoxy) is 3. The third-order valence-corrected chi connectivity index (χ3v) is 3.87. The molecule has 0 aromatic heterocycles. The van der Waals surface area contributed by atoms with Crippen LogP contribution in [-0.2, 0) is 13.1 Å². The van der Waals surface area contributed by atoms with E-state index in [9.17, 15) is 0 Å². The summed E-state index contributed by atoms with van der Waals surface area (Å²) in [6.07, 6.45) is 0. The first-order valence-corrected chi connectivity index (χ1v) is 7.54. The minimum Gasteiger partial charge on any atom is -0.495 e. The van der Waals surface area contributed by atoms with Crippen LogP contribution in [0.4, 0.5) is 0 Å². The molecular weight excluding hydrogens is 361 g/mol. The molecule has 1 N–H and O–H groups in total. The molecule has 0 fully saturated rings. The fraction of sp³-hybridized carbons (Fsp3) is 0.250. The van der Waals surface area contributed by atoms with Gasteiger partial charge in [-0.05, 0) is 29.8 Å². The molecule has 0 amide bonds. The maximum absolute atomic E-state index is 6.13. The quantitative estimate of drug-likeness (QED) is 0.837. The molecule has 0 radical (unpaired) electrons. The van der Waals surface area contributed by atoms with E-state index in [4.69, 9.17) is 37.4 Å². The third kappa shape index (κ3) is 4.15. The van der Waals surface area contributed by atoms with E-state index in [0.29, 0.717) is 28.9 Å². The minimum absolute atomic E-state index is 0. The number of hydrogen-bond donors (Lipinski definition) is 1. The summed E-state index contributed by atoms with van der Waals surface area (Å²) in [5.41, 5.74) is 2.03. The van der Waals surface area contributed by atoms with Crippen molar-refractivity contribution in [1.29, 1.82) is 0 Å². The molecule has 1 aliphatic heterocycles. The van der Waals surface area contributed by atoms with Crippen LogP contribution in [0.25, 0.3) is 0 Å². The summed E-state index contributed by atoms with van der Waals surface area (Å²) in [4.78, 5) is 0. The van der Waals surface area contributed by atoms with E-state index in [1.807, 2.05) is 24.3 Å². The summed E-state index contributed by atoms with van der Waals surface area (Å²) in [5.74, 6) is 2.21. The topological polar surface area (TPSA) is 39.7 Å². The molecule has 0 saturated carbocycles. The fourth-order valence-electron chi connectivity index (χ4n) is 2.37. The first kappa shape index (κ1) is 18.0. The molecule has 124 valence electrons. The van der Waals surface area contributed by atoms with Gasteiger partial charge in [0.25, 0.3) is 0 Å². The van der Waals surface area contributed by atoms with E-state index in [1.165, 1.54) is 0 Å². The van der Waals surface area contributed by atoms with Gasteiger partial charge in [-0.25, -0.2) is 0 Å². The van der Waals surface area contributed by atoms with Crippen LogP contribution in [0.15, 0.2) is 30.3 Å². The Morgan fingerprint density at radius 2 is 1.87 bits per heavy atom. The first-order valence-electron chi connectivity index (χ1n) is 6.78. The summed E-state index contributed by atoms with van der Waals surface area (Å²) in [7, 11) is 1.59. The maximum atomic E-state index is 6.13. The molecule has 4 nitrogen and oxygen atoms in total. The Morgan fingerprint density at radius 3 is 2.65 bits per heavy atom. The number of fused-ring (bicyclic) bond motifs is 1. The van der Waals surface area contributed by atoms with Crippen LogP contribution in [0, 0.1) is 0 Å². The lowest BCUT2D eigenvalue weighted by Crippen LogP contribution is -2.13. The van der Waals surface area contributed by atoms with Crippen LogP contribution >= 0.6 is 35.6 Å². The predicted molar refractivity (Wildman–Crippen MR) is 93.4 cm³/mol. The number of rotatable bonds is 5. The van der Waals surface area contributed by atoms with Crippen LogP contribution < -0.4 is 19.5 Å². The Morgan fingerprint density at radius 1 is 1.09 bits per heavy atom. The van der Waals surface area contributed by atoms with Crippen molar-refractivity contribution in [3.05, 3.63) is 51.5 Å². The Bertz CT molecular complexity index is 695. The zero-order chi connectivity index (χ0) is 15.5. The lowest BCUT2D eigenvalue weighted by atomic mass is 10.1. The number of hydrogen-bond acceptors (Lipinski definition) is 4. The van der Waals surface area contributed by atoms with Crippen molar-refractivity contribution < 1.29 is 14.2 Å². The monoisotopic (exact) mass is 375 g/mol. The van der Waals surface area contributed by atoms with Gasteiger partial charge >= 0.3 is 0 Å². The van der Waals surface area contributed by atoms with Crippen molar-refractivity contribution in [1.82, 2.24) is 5.32 Å². The standard InChI is InChI=1S/C16H15Cl2NO3.ClH/c1-20-16-11(5-12(17)6-13(16)18)8-19-7-10-2-3-14-15(4-10)22-9-21-14;/h2-6,19H,7-9H2,1H3;1H.